The van der Waals surface area contributed by atoms with Crippen LogP contribution in [-0.2, 0) is 9.53 Å². The summed E-state index contributed by atoms with van der Waals surface area (Å²) in [6.45, 7) is 2.02. The lowest BCUT2D eigenvalue weighted by molar-refractivity contribution is -0.147. The summed E-state index contributed by atoms with van der Waals surface area (Å²) in [5.74, 6) is 0.0370. The molecule has 0 aromatic carbocycles. The Balaban J connectivity index is 2.26. The Morgan fingerprint density at radius 1 is 1.70 bits per heavy atom. The molecule has 1 heterocycles. The van der Waals surface area contributed by atoms with Gasteiger partial charge in [-0.25, -0.2) is 0 Å². The molecule has 0 spiro atoms. The minimum absolute atomic E-state index is 0.0370. The predicted molar refractivity (Wildman–Crippen MR) is 36.5 cm³/mol. The SMILES string of the molecule is CC12CCCC(C1)OC2=O. The molecule has 2 atom stereocenters. The Bertz CT molecular complexity index is 176. The monoisotopic (exact) mass is 140 g/mol. The van der Waals surface area contributed by atoms with E-state index in [1.54, 1.807) is 0 Å². The van der Waals surface area contributed by atoms with Crippen LogP contribution >= 0.6 is 0 Å². The Morgan fingerprint density at radius 3 is 3.10 bits per heavy atom. The van der Waals surface area contributed by atoms with Crippen LogP contribution in [0.2, 0.25) is 0 Å². The molecule has 56 valence electrons. The number of esters is 1. The van der Waals surface area contributed by atoms with Crippen LogP contribution in [0, 0.1) is 5.41 Å². The summed E-state index contributed by atoms with van der Waals surface area (Å²) in [7, 11) is 0. The summed E-state index contributed by atoms with van der Waals surface area (Å²) in [4.78, 5) is 11.2. The van der Waals surface area contributed by atoms with Gasteiger partial charge in [0.05, 0.1) is 5.41 Å². The number of fused-ring (bicyclic) bond motifs is 2. The molecule has 2 aliphatic rings. The highest BCUT2D eigenvalue weighted by Gasteiger charge is 2.47. The molecule has 10 heavy (non-hydrogen) atoms. The van der Waals surface area contributed by atoms with E-state index < -0.39 is 0 Å². The molecule has 1 aliphatic heterocycles. The van der Waals surface area contributed by atoms with Gasteiger partial charge in [-0.15, -0.1) is 0 Å². The molecular weight excluding hydrogens is 128 g/mol. The highest BCUT2D eigenvalue weighted by atomic mass is 16.6. The van der Waals surface area contributed by atoms with E-state index >= 15 is 0 Å². The van der Waals surface area contributed by atoms with Crippen LogP contribution in [0.3, 0.4) is 0 Å². The van der Waals surface area contributed by atoms with Crippen molar-refractivity contribution in [1.82, 2.24) is 0 Å². The Labute approximate surface area is 60.6 Å². The van der Waals surface area contributed by atoms with E-state index in [-0.39, 0.29) is 17.5 Å². The molecular formula is C8H12O2. The molecule has 1 saturated carbocycles. The van der Waals surface area contributed by atoms with Crippen molar-refractivity contribution in [3.05, 3.63) is 0 Å². The summed E-state index contributed by atoms with van der Waals surface area (Å²) in [6.07, 6.45) is 4.49. The maximum atomic E-state index is 11.2. The largest absolute Gasteiger partial charge is 0.462 e. The standard InChI is InChI=1S/C8H12O2/c1-8-4-2-3-6(5-8)10-7(8)9/h6H,2-5H2,1H3. The fourth-order valence-corrected chi connectivity index (χ4v) is 2.01. The average molecular weight is 140 g/mol. The topological polar surface area (TPSA) is 26.3 Å². The number of carbonyl (C=O) groups excluding carboxylic acids is 1. The van der Waals surface area contributed by atoms with Crippen molar-refractivity contribution in [3.63, 3.8) is 0 Å². The number of hydrogen-bond donors (Lipinski definition) is 0. The second-order valence-electron chi connectivity index (χ2n) is 3.68. The zero-order chi connectivity index (χ0) is 7.19. The molecule has 2 unspecified atom stereocenters. The third-order valence-corrected chi connectivity index (χ3v) is 2.70. The van der Waals surface area contributed by atoms with Crippen LogP contribution in [0.5, 0.6) is 0 Å². The van der Waals surface area contributed by atoms with E-state index in [0.717, 1.165) is 25.7 Å². The van der Waals surface area contributed by atoms with Gasteiger partial charge in [0.1, 0.15) is 6.10 Å². The first-order valence-corrected chi connectivity index (χ1v) is 3.92. The van der Waals surface area contributed by atoms with Crippen molar-refractivity contribution in [1.29, 1.82) is 0 Å². The molecule has 1 aliphatic carbocycles. The fraction of sp³-hybridized carbons (Fsp3) is 0.875. The quantitative estimate of drug-likeness (QED) is 0.476. The van der Waals surface area contributed by atoms with Crippen molar-refractivity contribution in [3.8, 4) is 0 Å². The van der Waals surface area contributed by atoms with Gasteiger partial charge in [0.25, 0.3) is 0 Å². The van der Waals surface area contributed by atoms with Gasteiger partial charge in [-0.05, 0) is 26.2 Å². The lowest BCUT2D eigenvalue weighted by atomic mass is 9.77. The van der Waals surface area contributed by atoms with Gasteiger partial charge in [0.2, 0.25) is 0 Å². The highest BCUT2D eigenvalue weighted by molar-refractivity contribution is 5.78. The van der Waals surface area contributed by atoms with Gasteiger partial charge >= 0.3 is 5.97 Å². The van der Waals surface area contributed by atoms with Crippen molar-refractivity contribution < 1.29 is 9.53 Å². The van der Waals surface area contributed by atoms with Gasteiger partial charge in [-0.3, -0.25) is 4.79 Å². The first-order chi connectivity index (χ1) is 4.71. The van der Waals surface area contributed by atoms with E-state index in [9.17, 15) is 4.79 Å². The first kappa shape index (κ1) is 6.20. The highest BCUT2D eigenvalue weighted by Crippen LogP contribution is 2.43. The summed E-state index contributed by atoms with van der Waals surface area (Å²) in [5.41, 5.74) is -0.108. The lowest BCUT2D eigenvalue weighted by Crippen LogP contribution is -2.23. The molecule has 2 bridgehead atoms. The number of carbonyl (C=O) groups is 1. The van der Waals surface area contributed by atoms with Crippen molar-refractivity contribution >= 4 is 5.97 Å². The maximum Gasteiger partial charge on any atom is 0.312 e. The smallest absolute Gasteiger partial charge is 0.312 e. The van der Waals surface area contributed by atoms with E-state index in [4.69, 9.17) is 4.74 Å². The molecule has 0 amide bonds. The number of hydrogen-bond acceptors (Lipinski definition) is 2. The molecule has 0 aromatic heterocycles. The molecule has 0 aromatic rings. The zero-order valence-corrected chi connectivity index (χ0v) is 6.22. The minimum atomic E-state index is -0.108. The average Bonchev–Trinajstić information content (AvgIpc) is 2.04. The normalized spacial score (nSPS) is 45.3. The first-order valence-electron chi connectivity index (χ1n) is 3.92. The van der Waals surface area contributed by atoms with Gasteiger partial charge in [-0.1, -0.05) is 0 Å². The molecule has 2 fully saturated rings. The number of ether oxygens (including phenoxy) is 1. The van der Waals surface area contributed by atoms with E-state index in [1.807, 2.05) is 6.92 Å². The van der Waals surface area contributed by atoms with Gasteiger partial charge in [-0.2, -0.15) is 0 Å². The van der Waals surface area contributed by atoms with Crippen LogP contribution < -0.4 is 0 Å². The van der Waals surface area contributed by atoms with Gasteiger partial charge in [0.15, 0.2) is 0 Å². The van der Waals surface area contributed by atoms with Crippen LogP contribution in [0.1, 0.15) is 32.6 Å². The summed E-state index contributed by atoms with van der Waals surface area (Å²) >= 11 is 0. The van der Waals surface area contributed by atoms with Gasteiger partial charge < -0.3 is 4.74 Å². The molecule has 0 radical (unpaired) electrons. The molecule has 2 nitrogen and oxygen atoms in total. The summed E-state index contributed by atoms with van der Waals surface area (Å²) in [6, 6.07) is 0. The Hall–Kier alpha value is -0.530. The second kappa shape index (κ2) is 1.74. The number of rotatable bonds is 0. The van der Waals surface area contributed by atoms with E-state index in [1.165, 1.54) is 0 Å². The Morgan fingerprint density at radius 2 is 2.50 bits per heavy atom. The summed E-state index contributed by atoms with van der Waals surface area (Å²) < 4.78 is 5.15. The van der Waals surface area contributed by atoms with Crippen LogP contribution in [0.25, 0.3) is 0 Å². The maximum absolute atomic E-state index is 11.2. The fourth-order valence-electron chi connectivity index (χ4n) is 2.01. The predicted octanol–water partition coefficient (Wildman–Crippen LogP) is 1.49. The lowest BCUT2D eigenvalue weighted by Gasteiger charge is -2.22. The molecule has 1 saturated heterocycles. The van der Waals surface area contributed by atoms with Gasteiger partial charge in [0, 0.05) is 6.42 Å². The van der Waals surface area contributed by atoms with Crippen molar-refractivity contribution in [2.75, 3.05) is 0 Å². The molecule has 2 rings (SSSR count). The third kappa shape index (κ3) is 0.678. The van der Waals surface area contributed by atoms with Crippen LogP contribution in [-0.4, -0.2) is 12.1 Å². The summed E-state index contributed by atoms with van der Waals surface area (Å²) in [5, 5.41) is 0. The minimum Gasteiger partial charge on any atom is -0.462 e. The van der Waals surface area contributed by atoms with E-state index in [0.29, 0.717) is 0 Å². The van der Waals surface area contributed by atoms with Crippen molar-refractivity contribution in [2.45, 2.75) is 38.7 Å². The molecule has 0 N–H and O–H groups in total. The van der Waals surface area contributed by atoms with Crippen LogP contribution in [0.4, 0.5) is 0 Å². The third-order valence-electron chi connectivity index (χ3n) is 2.70. The van der Waals surface area contributed by atoms with Crippen LogP contribution in [0.15, 0.2) is 0 Å². The zero-order valence-electron chi connectivity index (χ0n) is 6.22. The van der Waals surface area contributed by atoms with Crippen molar-refractivity contribution in [2.24, 2.45) is 5.41 Å². The molecule has 2 heteroatoms. The van der Waals surface area contributed by atoms with E-state index in [2.05, 4.69) is 0 Å². The Kier molecular flexibility index (Phi) is 1.08. The second-order valence-corrected chi connectivity index (χ2v) is 3.68.